The maximum absolute atomic E-state index is 14.0. The number of aromatic nitrogens is 1. The van der Waals surface area contributed by atoms with Gasteiger partial charge in [0.05, 0.1) is 11.2 Å². The number of primary amides is 2. The molecule has 0 saturated carbocycles. The fraction of sp³-hybridized carbons (Fsp3) is 0.578. The Labute approximate surface area is 345 Å². The summed E-state index contributed by atoms with van der Waals surface area (Å²) in [7, 11) is 0. The molecule has 3 aromatic rings. The van der Waals surface area contributed by atoms with Crippen molar-refractivity contribution in [2.75, 3.05) is 29.5 Å². The standard InChI is InChI=1S/C45H56N8O4S/c1-26-19-35(34-10-7-17-51(34)44(24-54)29-15-13-27(20-31(29)46)41(44,2)22-38(48)56)53(40-50-33-9-5-6-11-36(33)58-40)43(26,4)37-12-8-18-52(37)45(25-55)30-16-14-28(21-32(30)47)42(45,3)23-39(49)57/h13-16,20-21,26,34-35,37H,5-12,17-19,22-23,46-47H2,1-4H3,(H2,48,56)(H2,49,57)/t26?,34?,35-,37?,41?,42?,43-,44-,45-/m1/s1. The first-order chi connectivity index (χ1) is 27.6. The Morgan fingerprint density at radius 1 is 0.793 bits per heavy atom. The van der Waals surface area contributed by atoms with Gasteiger partial charge in [0.1, 0.15) is 11.1 Å². The number of amides is 2. The number of carbonyl (C=O) groups excluding carboxylic acids is 4. The highest BCUT2D eigenvalue weighted by Gasteiger charge is 2.68. The van der Waals surface area contributed by atoms with Crippen molar-refractivity contribution in [3.8, 4) is 0 Å². The van der Waals surface area contributed by atoms with Gasteiger partial charge in [-0.05, 0) is 107 Å². The van der Waals surface area contributed by atoms with E-state index in [0.29, 0.717) is 35.6 Å². The molecule has 11 rings (SSSR count). The van der Waals surface area contributed by atoms with Crippen LogP contribution < -0.4 is 27.8 Å². The SMILES string of the molecule is CC1C[C@H](C2CCCN2[C@]2([C]=O)c3ccc(cc3N)C2(C)CC(N)=O)N(c2nc3c(s2)CCCC3)[C@@]1(C)C1CCCN1[C@]1([C]=O)c2ccc(cc2N)C1(C)CC(N)=O. The molecular weight excluding hydrogens is 749 g/mol. The molecule has 8 aliphatic rings. The number of anilines is 3. The largest absolute Gasteiger partial charge is 0.398 e. The third-order valence-corrected chi connectivity index (χ3v) is 17.3. The molecule has 12 nitrogen and oxygen atoms in total. The van der Waals surface area contributed by atoms with Crippen LogP contribution in [0.3, 0.4) is 0 Å². The first kappa shape index (κ1) is 39.1. The first-order valence-electron chi connectivity index (χ1n) is 21.1. The Morgan fingerprint density at radius 3 is 1.90 bits per heavy atom. The molecular formula is C45H56N8O4S. The highest BCUT2D eigenvalue weighted by molar-refractivity contribution is 7.15. The van der Waals surface area contributed by atoms with Crippen LogP contribution in [0.4, 0.5) is 16.5 Å². The zero-order valence-electron chi connectivity index (χ0n) is 34.1. The van der Waals surface area contributed by atoms with Gasteiger partial charge in [-0.2, -0.15) is 0 Å². The van der Waals surface area contributed by atoms with E-state index in [9.17, 15) is 19.2 Å². The Bertz CT molecular complexity index is 2210. The molecule has 5 unspecified atom stereocenters. The molecule has 3 saturated heterocycles. The molecule has 5 aliphatic carbocycles. The van der Waals surface area contributed by atoms with E-state index < -0.39 is 39.3 Å². The molecule has 4 bridgehead atoms. The lowest BCUT2D eigenvalue weighted by molar-refractivity contribution is -0.121. The number of hydrogen-bond donors (Lipinski definition) is 4. The molecule has 1 aromatic heterocycles. The summed E-state index contributed by atoms with van der Waals surface area (Å²) in [6.45, 7) is 9.81. The molecule has 3 aliphatic heterocycles. The van der Waals surface area contributed by atoms with Crippen molar-refractivity contribution in [3.63, 3.8) is 0 Å². The fourth-order valence-electron chi connectivity index (χ4n) is 13.3. The molecule has 13 heteroatoms. The summed E-state index contributed by atoms with van der Waals surface area (Å²) in [5.41, 5.74) is 25.3. The zero-order valence-corrected chi connectivity index (χ0v) is 34.9. The van der Waals surface area contributed by atoms with Gasteiger partial charge in [0.15, 0.2) is 5.13 Å². The minimum atomic E-state index is -1.35. The van der Waals surface area contributed by atoms with Crippen LogP contribution in [0.5, 0.6) is 0 Å². The number of fused-ring (bicyclic) bond motifs is 7. The summed E-state index contributed by atoms with van der Waals surface area (Å²) in [4.78, 5) is 67.8. The van der Waals surface area contributed by atoms with Crippen molar-refractivity contribution in [1.29, 1.82) is 0 Å². The molecule has 9 atom stereocenters. The second-order valence-electron chi connectivity index (χ2n) is 18.8. The highest BCUT2D eigenvalue weighted by atomic mass is 32.1. The quantitative estimate of drug-likeness (QED) is 0.202. The molecule has 306 valence electrons. The molecule has 4 heterocycles. The van der Waals surface area contributed by atoms with E-state index >= 15 is 0 Å². The van der Waals surface area contributed by atoms with E-state index in [0.717, 1.165) is 79.7 Å². The summed E-state index contributed by atoms with van der Waals surface area (Å²) in [6, 6.07) is 11.1. The summed E-state index contributed by atoms with van der Waals surface area (Å²) in [6.07, 6.45) is 13.3. The van der Waals surface area contributed by atoms with Crippen molar-refractivity contribution >= 4 is 52.2 Å². The summed E-state index contributed by atoms with van der Waals surface area (Å²) < 4.78 is 0. The van der Waals surface area contributed by atoms with Gasteiger partial charge in [-0.15, -0.1) is 11.3 Å². The lowest BCUT2D eigenvalue weighted by atomic mass is 9.56. The van der Waals surface area contributed by atoms with Crippen LogP contribution in [-0.2, 0) is 53.9 Å². The molecule has 8 N–H and O–H groups in total. The van der Waals surface area contributed by atoms with E-state index in [1.54, 1.807) is 11.3 Å². The number of aryl methyl sites for hydroxylation is 2. The van der Waals surface area contributed by atoms with E-state index in [2.05, 4.69) is 41.1 Å². The van der Waals surface area contributed by atoms with Crippen LogP contribution in [0, 0.1) is 5.92 Å². The second-order valence-corrected chi connectivity index (χ2v) is 19.9. The number of nitrogen functional groups attached to an aromatic ring is 2. The van der Waals surface area contributed by atoms with E-state index in [1.165, 1.54) is 4.88 Å². The third kappa shape index (κ3) is 4.89. The number of benzene rings is 2. The lowest BCUT2D eigenvalue weighted by Gasteiger charge is -2.59. The van der Waals surface area contributed by atoms with Crippen LogP contribution in [0.15, 0.2) is 36.4 Å². The van der Waals surface area contributed by atoms with E-state index in [-0.39, 0.29) is 36.9 Å². The van der Waals surface area contributed by atoms with Crippen molar-refractivity contribution in [3.05, 3.63) is 69.2 Å². The Hall–Kier alpha value is -4.33. The molecule has 2 aromatic carbocycles. The van der Waals surface area contributed by atoms with Crippen molar-refractivity contribution < 1.29 is 19.2 Å². The third-order valence-electron chi connectivity index (χ3n) is 16.1. The lowest BCUT2D eigenvalue weighted by Crippen LogP contribution is -2.70. The monoisotopic (exact) mass is 804 g/mol. The Balaban J connectivity index is 1.21. The number of nitrogens with two attached hydrogens (primary N) is 4. The molecule has 2 radical (unpaired) electrons. The van der Waals surface area contributed by atoms with Crippen molar-refractivity contribution in [1.82, 2.24) is 14.8 Å². The molecule has 2 amide bonds. The molecule has 0 spiro atoms. The van der Waals surface area contributed by atoms with Gasteiger partial charge < -0.3 is 27.8 Å². The van der Waals surface area contributed by atoms with Crippen molar-refractivity contribution in [2.45, 2.75) is 144 Å². The van der Waals surface area contributed by atoms with Crippen molar-refractivity contribution in [2.24, 2.45) is 17.4 Å². The predicted octanol–water partition coefficient (Wildman–Crippen LogP) is 4.39. The Kier molecular flexibility index (Phi) is 9.00. The fourth-order valence-corrected chi connectivity index (χ4v) is 14.6. The van der Waals surface area contributed by atoms with Crippen LogP contribution >= 0.6 is 11.3 Å². The second kappa shape index (κ2) is 13.3. The van der Waals surface area contributed by atoms with Crippen LogP contribution in [0.1, 0.15) is 118 Å². The summed E-state index contributed by atoms with van der Waals surface area (Å²) in [5, 5.41) is 0.966. The number of likely N-dealkylation sites (tertiary alicyclic amines) is 2. The number of hydrogen-bond acceptors (Lipinski definition) is 11. The number of thiazole rings is 1. The Morgan fingerprint density at radius 2 is 1.34 bits per heavy atom. The molecule has 58 heavy (non-hydrogen) atoms. The van der Waals surface area contributed by atoms with E-state index in [4.69, 9.17) is 27.9 Å². The zero-order chi connectivity index (χ0) is 41.2. The van der Waals surface area contributed by atoms with Gasteiger partial charge in [-0.25, -0.2) is 4.98 Å². The topological polar surface area (TPSA) is 195 Å². The normalized spacial score (nSPS) is 36.7. The van der Waals surface area contributed by atoms with Gasteiger partial charge >= 0.3 is 0 Å². The summed E-state index contributed by atoms with van der Waals surface area (Å²) in [5.74, 6) is -0.876. The van der Waals surface area contributed by atoms with Gasteiger partial charge in [-0.1, -0.05) is 45.0 Å². The maximum Gasteiger partial charge on any atom is 0.226 e. The average molecular weight is 805 g/mol. The maximum atomic E-state index is 14.0. The number of rotatable bonds is 11. The first-order valence-corrected chi connectivity index (χ1v) is 21.9. The van der Waals surface area contributed by atoms with Crippen LogP contribution in [0.25, 0.3) is 0 Å². The average Bonchev–Trinajstić information content (AvgIpc) is 3.99. The minimum Gasteiger partial charge on any atom is -0.398 e. The van der Waals surface area contributed by atoms with Crippen LogP contribution in [-0.4, -0.2) is 75.9 Å². The van der Waals surface area contributed by atoms with E-state index in [1.807, 2.05) is 50.2 Å². The predicted molar refractivity (Wildman–Crippen MR) is 225 cm³/mol. The highest BCUT2D eigenvalue weighted by Crippen LogP contribution is 2.61. The smallest absolute Gasteiger partial charge is 0.226 e. The van der Waals surface area contributed by atoms with Crippen LogP contribution in [0.2, 0.25) is 0 Å². The van der Waals surface area contributed by atoms with Gasteiger partial charge in [0.2, 0.25) is 24.4 Å². The number of carbonyl (C=O) groups is 2. The van der Waals surface area contributed by atoms with Gasteiger partial charge in [-0.3, -0.25) is 29.0 Å². The molecule has 3 fully saturated rings. The number of nitrogens with zero attached hydrogens (tertiary/aromatic N) is 4. The van der Waals surface area contributed by atoms with Gasteiger partial charge in [0.25, 0.3) is 0 Å². The summed E-state index contributed by atoms with van der Waals surface area (Å²) >= 11 is 1.78. The minimum absolute atomic E-state index is 0.0324. The van der Waals surface area contributed by atoms with Gasteiger partial charge in [0, 0.05) is 69.2 Å².